The number of aryl methyl sites for hydroxylation is 1. The molecule has 156 valence electrons. The minimum Gasteiger partial charge on any atom is -0.396 e. The summed E-state index contributed by atoms with van der Waals surface area (Å²) in [5.74, 6) is 0. The fraction of sp³-hybridized carbons (Fsp3) is 0.409. The summed E-state index contributed by atoms with van der Waals surface area (Å²) in [4.78, 5) is 2.25. The normalized spacial score (nSPS) is 15.9. The maximum absolute atomic E-state index is 15.3. The monoisotopic (exact) mass is 437 g/mol. The summed E-state index contributed by atoms with van der Waals surface area (Å²) in [5.41, 5.74) is 3.67. The minimum absolute atomic E-state index is 0. The molecule has 1 unspecified atom stereocenters. The molecule has 3 rings (SSSR count). The molecule has 0 amide bonds. The van der Waals surface area contributed by atoms with E-state index in [9.17, 15) is 10.4 Å². The number of halogens is 3. The summed E-state index contributed by atoms with van der Waals surface area (Å²) in [7, 11) is 0. The van der Waals surface area contributed by atoms with Crippen molar-refractivity contribution in [2.75, 3.05) is 37.7 Å². The first-order chi connectivity index (χ1) is 13.5. The molecule has 1 aliphatic heterocycles. The quantitative estimate of drug-likeness (QED) is 0.644. The van der Waals surface area contributed by atoms with E-state index in [0.717, 1.165) is 43.0 Å². The number of anilines is 1. The third-order valence-corrected chi connectivity index (χ3v) is 5.59. The van der Waals surface area contributed by atoms with Crippen LogP contribution >= 0.6 is 24.0 Å². The van der Waals surface area contributed by atoms with Crippen molar-refractivity contribution in [2.24, 2.45) is 0 Å². The summed E-state index contributed by atoms with van der Waals surface area (Å²) in [6, 6.07) is 14.7. The number of hydrogen-bond donors (Lipinski definition) is 2. The lowest BCUT2D eigenvalue weighted by molar-refractivity contribution is 0.264. The van der Waals surface area contributed by atoms with Gasteiger partial charge in [0, 0.05) is 50.5 Å². The van der Waals surface area contributed by atoms with E-state index in [4.69, 9.17) is 11.6 Å². The highest BCUT2D eigenvalue weighted by Gasteiger charge is 2.30. The van der Waals surface area contributed by atoms with E-state index in [2.05, 4.69) is 16.3 Å². The van der Waals surface area contributed by atoms with Gasteiger partial charge in [-0.1, -0.05) is 35.9 Å². The van der Waals surface area contributed by atoms with Crippen LogP contribution in [0.2, 0.25) is 0 Å². The van der Waals surface area contributed by atoms with E-state index in [1.165, 1.54) is 0 Å². The maximum Gasteiger partial charge on any atom is 0.209 e. The predicted octanol–water partition coefficient (Wildman–Crippen LogP) is 3.92. The number of nitrogens with zero attached hydrogens (tertiary/aromatic N) is 2. The Balaban J connectivity index is 0.00000300. The van der Waals surface area contributed by atoms with Gasteiger partial charge >= 0.3 is 0 Å². The highest BCUT2D eigenvalue weighted by atomic mass is 35.5. The topological polar surface area (TPSA) is 59.3 Å². The fourth-order valence-electron chi connectivity index (χ4n) is 3.63. The van der Waals surface area contributed by atoms with Crippen LogP contribution in [-0.4, -0.2) is 37.9 Å². The Labute approximate surface area is 182 Å². The molecule has 2 aromatic carbocycles. The Kier molecular flexibility index (Phi) is 8.73. The zero-order valence-corrected chi connectivity index (χ0v) is 17.8. The lowest BCUT2D eigenvalue weighted by atomic mass is 9.96. The van der Waals surface area contributed by atoms with Crippen molar-refractivity contribution in [1.82, 2.24) is 5.32 Å². The molecule has 2 aromatic rings. The Morgan fingerprint density at radius 2 is 1.86 bits per heavy atom. The number of benzene rings is 2. The molecule has 0 radical (unpaired) electrons. The summed E-state index contributed by atoms with van der Waals surface area (Å²) < 4.78 is 15.3. The Morgan fingerprint density at radius 1 is 1.14 bits per heavy atom. The summed E-state index contributed by atoms with van der Waals surface area (Å²) >= 11 is 6.28. The maximum atomic E-state index is 15.3. The number of aliphatic hydroxyl groups is 1. The summed E-state index contributed by atoms with van der Waals surface area (Å²) in [5, 5.41) is 19.9. The third-order valence-electron chi connectivity index (χ3n) is 5.19. The molecule has 1 heterocycles. The molecule has 0 aromatic heterocycles. The van der Waals surface area contributed by atoms with Crippen LogP contribution < -0.4 is 10.2 Å². The van der Waals surface area contributed by atoms with Crippen molar-refractivity contribution < 1.29 is 9.50 Å². The number of alkyl halides is 2. The zero-order chi connectivity index (χ0) is 20.0. The number of nitriles is 1. The third kappa shape index (κ3) is 5.83. The second-order valence-corrected chi connectivity index (χ2v) is 7.63. The molecular weight excluding hydrogens is 412 g/mol. The Bertz CT molecular complexity index is 848. The number of aliphatic hydroxyl groups excluding tert-OH is 1. The van der Waals surface area contributed by atoms with E-state index in [1.54, 1.807) is 24.3 Å². The van der Waals surface area contributed by atoms with Gasteiger partial charge in [0.25, 0.3) is 0 Å². The van der Waals surface area contributed by atoms with Crippen molar-refractivity contribution in [3.8, 4) is 6.07 Å². The van der Waals surface area contributed by atoms with Gasteiger partial charge in [-0.3, -0.25) is 0 Å². The largest absolute Gasteiger partial charge is 0.396 e. The van der Waals surface area contributed by atoms with Crippen molar-refractivity contribution >= 4 is 29.7 Å². The highest BCUT2D eigenvalue weighted by Crippen LogP contribution is 2.38. The lowest BCUT2D eigenvalue weighted by Crippen LogP contribution is -2.44. The number of piperazine rings is 1. The first-order valence-electron chi connectivity index (χ1n) is 9.61. The van der Waals surface area contributed by atoms with Gasteiger partial charge < -0.3 is 15.3 Å². The SMILES string of the molecule is Cl.N#Cc1ccccc1CCC(F)(Cl)c1ccc(N2CCNCC2)c(CCO)c1. The average molecular weight is 438 g/mol. The van der Waals surface area contributed by atoms with Crippen LogP contribution in [0.25, 0.3) is 0 Å². The molecule has 1 aliphatic rings. The van der Waals surface area contributed by atoms with Crippen molar-refractivity contribution in [3.63, 3.8) is 0 Å². The van der Waals surface area contributed by atoms with Crippen LogP contribution in [0.5, 0.6) is 0 Å². The van der Waals surface area contributed by atoms with Crippen molar-refractivity contribution in [2.45, 2.75) is 24.4 Å². The predicted molar refractivity (Wildman–Crippen MR) is 118 cm³/mol. The van der Waals surface area contributed by atoms with Crippen molar-refractivity contribution in [1.29, 1.82) is 5.26 Å². The smallest absolute Gasteiger partial charge is 0.209 e. The van der Waals surface area contributed by atoms with E-state index in [1.807, 2.05) is 18.2 Å². The molecule has 1 saturated heterocycles. The highest BCUT2D eigenvalue weighted by molar-refractivity contribution is 6.22. The van der Waals surface area contributed by atoms with Crippen LogP contribution in [0.4, 0.5) is 10.1 Å². The molecule has 0 saturated carbocycles. The van der Waals surface area contributed by atoms with Gasteiger partial charge in [-0.15, -0.1) is 12.4 Å². The number of rotatable bonds is 7. The van der Waals surface area contributed by atoms with Gasteiger partial charge in [0.2, 0.25) is 5.13 Å². The standard InChI is InChI=1S/C22H25ClFN3O.ClH/c23-22(24,9-7-17-3-1-2-4-19(17)16-25)20-5-6-21(18(15-20)8-14-28)27-12-10-26-11-13-27;/h1-6,15,26,28H,7-14H2;1H. The average Bonchev–Trinajstić information content (AvgIpc) is 2.73. The fourth-order valence-corrected chi connectivity index (χ4v) is 3.84. The molecule has 0 aliphatic carbocycles. The van der Waals surface area contributed by atoms with Gasteiger partial charge in [0.1, 0.15) is 0 Å². The molecule has 7 heteroatoms. The van der Waals surface area contributed by atoms with E-state index in [-0.39, 0.29) is 25.4 Å². The summed E-state index contributed by atoms with van der Waals surface area (Å²) in [6.45, 7) is 3.57. The molecule has 1 fully saturated rings. The second kappa shape index (κ2) is 10.8. The number of nitrogens with one attached hydrogen (secondary N) is 1. The molecule has 0 bridgehead atoms. The van der Waals surface area contributed by atoms with Gasteiger partial charge in [0.05, 0.1) is 11.6 Å². The zero-order valence-electron chi connectivity index (χ0n) is 16.2. The van der Waals surface area contributed by atoms with E-state index >= 15 is 4.39 Å². The molecule has 0 spiro atoms. The summed E-state index contributed by atoms with van der Waals surface area (Å²) in [6.07, 6.45) is 0.898. The Hall–Kier alpha value is -1.84. The van der Waals surface area contributed by atoms with Gasteiger partial charge in [-0.2, -0.15) is 5.26 Å². The van der Waals surface area contributed by atoms with Crippen molar-refractivity contribution in [3.05, 3.63) is 64.7 Å². The van der Waals surface area contributed by atoms with Crippen LogP contribution in [0.3, 0.4) is 0 Å². The Morgan fingerprint density at radius 3 is 2.55 bits per heavy atom. The van der Waals surface area contributed by atoms with Gasteiger partial charge in [-0.25, -0.2) is 4.39 Å². The lowest BCUT2D eigenvalue weighted by Gasteiger charge is -2.32. The molecule has 29 heavy (non-hydrogen) atoms. The van der Waals surface area contributed by atoms with E-state index < -0.39 is 5.13 Å². The van der Waals surface area contributed by atoms with Crippen LogP contribution in [0, 0.1) is 11.3 Å². The van der Waals surface area contributed by atoms with Crippen LogP contribution in [-0.2, 0) is 18.0 Å². The first kappa shape index (κ1) is 23.4. The number of hydrogen-bond acceptors (Lipinski definition) is 4. The first-order valence-corrected chi connectivity index (χ1v) is 9.98. The van der Waals surface area contributed by atoms with Gasteiger partial charge in [-0.05, 0) is 42.2 Å². The van der Waals surface area contributed by atoms with Crippen LogP contribution in [0.15, 0.2) is 42.5 Å². The molecule has 2 N–H and O–H groups in total. The van der Waals surface area contributed by atoms with E-state index in [0.29, 0.717) is 24.0 Å². The molecule has 4 nitrogen and oxygen atoms in total. The van der Waals surface area contributed by atoms with Crippen LogP contribution in [0.1, 0.15) is 28.7 Å². The molecule has 1 atom stereocenters. The second-order valence-electron chi connectivity index (χ2n) is 7.03. The molecular formula is C22H26Cl2FN3O. The van der Waals surface area contributed by atoms with Gasteiger partial charge in [0.15, 0.2) is 0 Å². The minimum atomic E-state index is -2.03.